The van der Waals surface area contributed by atoms with Crippen LogP contribution >= 0.6 is 12.4 Å². The van der Waals surface area contributed by atoms with E-state index in [1.54, 1.807) is 0 Å². The van der Waals surface area contributed by atoms with Gasteiger partial charge in [-0.1, -0.05) is 19.8 Å². The van der Waals surface area contributed by atoms with E-state index in [0.717, 1.165) is 25.7 Å². The van der Waals surface area contributed by atoms with E-state index in [0.29, 0.717) is 0 Å². The average molecular weight is 208 g/mol. The third kappa shape index (κ3) is 6.30. The van der Waals surface area contributed by atoms with Crippen LogP contribution in [-0.4, -0.2) is 26.3 Å². The van der Waals surface area contributed by atoms with Crippen LogP contribution in [0.15, 0.2) is 0 Å². The number of nitrogens with one attached hydrogen (secondary N) is 1. The lowest BCUT2D eigenvalue weighted by Gasteiger charge is -2.08. The van der Waals surface area contributed by atoms with E-state index in [4.69, 9.17) is 4.74 Å². The topological polar surface area (TPSA) is 21.3 Å². The first-order valence-corrected chi connectivity index (χ1v) is 5.22. The van der Waals surface area contributed by atoms with Gasteiger partial charge in [0.15, 0.2) is 0 Å². The summed E-state index contributed by atoms with van der Waals surface area (Å²) >= 11 is 0. The van der Waals surface area contributed by atoms with Gasteiger partial charge in [-0.05, 0) is 25.3 Å². The molecule has 0 aromatic carbocycles. The minimum atomic E-state index is 0. The highest BCUT2D eigenvalue weighted by Crippen LogP contribution is 2.07. The van der Waals surface area contributed by atoms with E-state index in [9.17, 15) is 0 Å². The maximum atomic E-state index is 5.58. The first kappa shape index (κ1) is 13.2. The molecular weight excluding hydrogens is 186 g/mol. The Labute approximate surface area is 87.8 Å². The van der Waals surface area contributed by atoms with Crippen LogP contribution in [0.3, 0.4) is 0 Å². The second-order valence-corrected chi connectivity index (χ2v) is 3.64. The lowest BCUT2D eigenvalue weighted by atomic mass is 10.1. The molecule has 1 saturated heterocycles. The molecule has 1 atom stereocenters. The molecule has 0 amide bonds. The molecule has 1 N–H and O–H groups in total. The predicted molar refractivity (Wildman–Crippen MR) is 58.6 cm³/mol. The molecule has 13 heavy (non-hydrogen) atoms. The van der Waals surface area contributed by atoms with E-state index in [1.807, 2.05) is 0 Å². The summed E-state index contributed by atoms with van der Waals surface area (Å²) in [5.74, 6) is 0.784. The Hall–Kier alpha value is 0.210. The second kappa shape index (κ2) is 8.79. The smallest absolute Gasteiger partial charge is 0.0506 e. The van der Waals surface area contributed by atoms with Gasteiger partial charge < -0.3 is 10.1 Å². The second-order valence-electron chi connectivity index (χ2n) is 3.64. The summed E-state index contributed by atoms with van der Waals surface area (Å²) < 4.78 is 5.58. The maximum absolute atomic E-state index is 5.58. The highest BCUT2D eigenvalue weighted by Gasteiger charge is 2.13. The van der Waals surface area contributed by atoms with Crippen LogP contribution in [0.5, 0.6) is 0 Å². The fourth-order valence-corrected chi connectivity index (χ4v) is 1.56. The molecule has 0 radical (unpaired) electrons. The van der Waals surface area contributed by atoms with E-state index < -0.39 is 0 Å². The Balaban J connectivity index is 0.00000144. The fraction of sp³-hybridized carbons (Fsp3) is 1.00. The molecule has 1 fully saturated rings. The van der Waals surface area contributed by atoms with Gasteiger partial charge in [0.1, 0.15) is 0 Å². The molecule has 1 unspecified atom stereocenters. The molecule has 0 aromatic rings. The fourth-order valence-electron chi connectivity index (χ4n) is 1.56. The third-order valence-electron chi connectivity index (χ3n) is 2.41. The van der Waals surface area contributed by atoms with Crippen LogP contribution in [0.1, 0.15) is 32.6 Å². The molecule has 3 heteroatoms. The van der Waals surface area contributed by atoms with Crippen LogP contribution in [0.25, 0.3) is 0 Å². The molecule has 1 heterocycles. The van der Waals surface area contributed by atoms with E-state index in [1.165, 1.54) is 32.2 Å². The van der Waals surface area contributed by atoms with Crippen LogP contribution < -0.4 is 5.32 Å². The van der Waals surface area contributed by atoms with Gasteiger partial charge in [-0.2, -0.15) is 0 Å². The quantitative estimate of drug-likeness (QED) is 0.675. The lowest BCUT2D eigenvalue weighted by molar-refractivity contribution is 0.102. The molecule has 0 spiro atoms. The predicted octanol–water partition coefficient (Wildman–Crippen LogP) is 2.22. The monoisotopic (exact) mass is 207 g/mol. The molecule has 0 bridgehead atoms. The number of halogens is 1. The zero-order chi connectivity index (χ0) is 8.65. The molecule has 1 aliphatic rings. The highest BCUT2D eigenvalue weighted by molar-refractivity contribution is 5.85. The van der Waals surface area contributed by atoms with Gasteiger partial charge in [-0.15, -0.1) is 12.4 Å². The summed E-state index contributed by atoms with van der Waals surface area (Å²) in [6, 6.07) is 0. The van der Waals surface area contributed by atoms with Crippen LogP contribution in [0.4, 0.5) is 0 Å². The molecule has 1 aliphatic heterocycles. The van der Waals surface area contributed by atoms with Crippen molar-refractivity contribution in [2.75, 3.05) is 26.3 Å². The van der Waals surface area contributed by atoms with Gasteiger partial charge in [0, 0.05) is 13.2 Å². The Morgan fingerprint density at radius 1 is 1.38 bits per heavy atom. The Kier molecular flexibility index (Phi) is 8.93. The zero-order valence-electron chi connectivity index (χ0n) is 8.55. The third-order valence-corrected chi connectivity index (χ3v) is 2.41. The van der Waals surface area contributed by atoms with Crippen LogP contribution in [0.2, 0.25) is 0 Å². The molecule has 0 saturated carbocycles. The summed E-state index contributed by atoms with van der Waals surface area (Å²) in [6.45, 7) is 6.50. The molecule has 1 rings (SSSR count). The van der Waals surface area contributed by atoms with Gasteiger partial charge in [0.05, 0.1) is 6.61 Å². The minimum Gasteiger partial charge on any atom is -0.381 e. The average Bonchev–Trinajstić information content (AvgIpc) is 2.57. The summed E-state index contributed by atoms with van der Waals surface area (Å²) in [5, 5.41) is 3.34. The van der Waals surface area contributed by atoms with E-state index >= 15 is 0 Å². The SMILES string of the molecule is CCCCCOCC1CCNC1.Cl. The molecule has 0 aromatic heterocycles. The summed E-state index contributed by atoms with van der Waals surface area (Å²) in [4.78, 5) is 0. The lowest BCUT2D eigenvalue weighted by Crippen LogP contribution is -2.14. The largest absolute Gasteiger partial charge is 0.381 e. The number of unbranched alkanes of at least 4 members (excludes halogenated alkanes) is 2. The van der Waals surface area contributed by atoms with Gasteiger partial charge in [0.25, 0.3) is 0 Å². The van der Waals surface area contributed by atoms with Crippen molar-refractivity contribution in [3.05, 3.63) is 0 Å². The number of hydrogen-bond acceptors (Lipinski definition) is 2. The number of rotatable bonds is 6. The van der Waals surface area contributed by atoms with Gasteiger partial charge in [-0.25, -0.2) is 0 Å². The first-order valence-electron chi connectivity index (χ1n) is 5.22. The Bertz CT molecular complexity index is 105. The van der Waals surface area contributed by atoms with Crippen molar-refractivity contribution in [3.63, 3.8) is 0 Å². The Morgan fingerprint density at radius 3 is 2.85 bits per heavy atom. The van der Waals surface area contributed by atoms with Crippen molar-refractivity contribution in [2.24, 2.45) is 5.92 Å². The number of hydrogen-bond donors (Lipinski definition) is 1. The molecule has 0 aliphatic carbocycles. The van der Waals surface area contributed by atoms with Crippen molar-refractivity contribution in [1.82, 2.24) is 5.32 Å². The van der Waals surface area contributed by atoms with Crippen molar-refractivity contribution >= 4 is 12.4 Å². The van der Waals surface area contributed by atoms with Crippen LogP contribution in [-0.2, 0) is 4.74 Å². The standard InChI is InChI=1S/C10H21NO.ClH/c1-2-3-4-7-12-9-10-5-6-11-8-10;/h10-11H,2-9H2,1H3;1H. The highest BCUT2D eigenvalue weighted by atomic mass is 35.5. The summed E-state index contributed by atoms with van der Waals surface area (Å²) in [5.41, 5.74) is 0. The summed E-state index contributed by atoms with van der Waals surface area (Å²) in [7, 11) is 0. The molecule has 2 nitrogen and oxygen atoms in total. The van der Waals surface area contributed by atoms with Crippen molar-refractivity contribution in [1.29, 1.82) is 0 Å². The molecular formula is C10H22ClNO. The zero-order valence-corrected chi connectivity index (χ0v) is 9.37. The number of ether oxygens (including phenoxy) is 1. The van der Waals surface area contributed by atoms with E-state index in [2.05, 4.69) is 12.2 Å². The van der Waals surface area contributed by atoms with Crippen molar-refractivity contribution in [2.45, 2.75) is 32.6 Å². The minimum absolute atomic E-state index is 0. The van der Waals surface area contributed by atoms with Gasteiger partial charge >= 0.3 is 0 Å². The first-order chi connectivity index (χ1) is 5.93. The normalized spacial score (nSPS) is 21.5. The maximum Gasteiger partial charge on any atom is 0.0506 e. The van der Waals surface area contributed by atoms with Crippen LogP contribution in [0, 0.1) is 5.92 Å². The summed E-state index contributed by atoms with van der Waals surface area (Å²) in [6.07, 6.45) is 5.13. The Morgan fingerprint density at radius 2 is 2.23 bits per heavy atom. The van der Waals surface area contributed by atoms with E-state index in [-0.39, 0.29) is 12.4 Å². The van der Waals surface area contributed by atoms with Crippen molar-refractivity contribution in [3.8, 4) is 0 Å². The van der Waals surface area contributed by atoms with Crippen molar-refractivity contribution < 1.29 is 4.74 Å². The van der Waals surface area contributed by atoms with Gasteiger partial charge in [-0.3, -0.25) is 0 Å². The molecule has 80 valence electrons. The van der Waals surface area contributed by atoms with Gasteiger partial charge in [0.2, 0.25) is 0 Å².